The molecule has 0 amide bonds. The summed E-state index contributed by atoms with van der Waals surface area (Å²) in [4.78, 5) is 1.58. The zero-order valence-electron chi connectivity index (χ0n) is 13.6. The summed E-state index contributed by atoms with van der Waals surface area (Å²) in [6.07, 6.45) is 2.09. The van der Waals surface area contributed by atoms with Crippen molar-refractivity contribution in [2.24, 2.45) is 5.92 Å². The molecule has 1 unspecified atom stereocenters. The highest BCUT2D eigenvalue weighted by Crippen LogP contribution is 2.34. The zero-order chi connectivity index (χ0) is 16.5. The van der Waals surface area contributed by atoms with Gasteiger partial charge in [-0.05, 0) is 42.8 Å². The third-order valence-corrected chi connectivity index (χ3v) is 4.77. The van der Waals surface area contributed by atoms with Crippen LogP contribution in [0.4, 0.5) is 4.39 Å². The maximum atomic E-state index is 15.3. The number of rotatable bonds is 3. The molecular weight excluding hydrogens is 305 g/mol. The molecule has 3 aromatic rings. The molecule has 6 heteroatoms. The second-order valence-electron chi connectivity index (χ2n) is 6.40. The molecule has 5 nitrogen and oxygen atoms in total. The Bertz CT molecular complexity index is 853. The van der Waals surface area contributed by atoms with E-state index < -0.39 is 0 Å². The zero-order valence-corrected chi connectivity index (χ0v) is 13.6. The van der Waals surface area contributed by atoms with Gasteiger partial charge in [-0.3, -0.25) is 0 Å². The second-order valence-corrected chi connectivity index (χ2v) is 6.40. The van der Waals surface area contributed by atoms with Crippen LogP contribution in [0.2, 0.25) is 0 Å². The molecule has 2 heterocycles. The minimum Gasteiger partial charge on any atom is -0.316 e. The van der Waals surface area contributed by atoms with E-state index in [4.69, 9.17) is 0 Å². The van der Waals surface area contributed by atoms with Gasteiger partial charge in [-0.2, -0.15) is 4.80 Å². The summed E-state index contributed by atoms with van der Waals surface area (Å²) in [5.41, 5.74) is 0.639. The predicted octanol–water partition coefficient (Wildman–Crippen LogP) is 2.86. The molecular formula is C18H20FN5. The van der Waals surface area contributed by atoms with Gasteiger partial charge in [0.25, 0.3) is 0 Å². The van der Waals surface area contributed by atoms with E-state index in [2.05, 4.69) is 20.7 Å². The van der Waals surface area contributed by atoms with Gasteiger partial charge in [0.15, 0.2) is 5.82 Å². The van der Waals surface area contributed by atoms with Crippen LogP contribution in [0.3, 0.4) is 0 Å². The van der Waals surface area contributed by atoms with Crippen LogP contribution in [0.25, 0.3) is 10.8 Å². The number of aryl methyl sites for hydroxylation is 1. The smallest absolute Gasteiger partial charge is 0.171 e. The molecule has 2 atom stereocenters. The quantitative estimate of drug-likeness (QED) is 0.804. The van der Waals surface area contributed by atoms with Crippen molar-refractivity contribution in [1.29, 1.82) is 0 Å². The van der Waals surface area contributed by atoms with Gasteiger partial charge in [0.05, 0.1) is 0 Å². The van der Waals surface area contributed by atoms with E-state index in [1.807, 2.05) is 36.4 Å². The summed E-state index contributed by atoms with van der Waals surface area (Å²) in [7, 11) is 0. The SMILES string of the molecule is Cc1nnn(C(c2ccc3ccccc3c2F)[C@@H]2CCCNC2)n1. The van der Waals surface area contributed by atoms with Gasteiger partial charge >= 0.3 is 0 Å². The van der Waals surface area contributed by atoms with Crippen LogP contribution in [-0.2, 0) is 0 Å². The van der Waals surface area contributed by atoms with Crippen LogP contribution in [0, 0.1) is 18.7 Å². The fraction of sp³-hybridized carbons (Fsp3) is 0.389. The summed E-state index contributed by atoms with van der Waals surface area (Å²) >= 11 is 0. The van der Waals surface area contributed by atoms with E-state index in [-0.39, 0.29) is 17.8 Å². The number of nitrogens with one attached hydrogen (secondary N) is 1. The van der Waals surface area contributed by atoms with E-state index in [0.29, 0.717) is 16.8 Å². The highest BCUT2D eigenvalue weighted by atomic mass is 19.1. The van der Waals surface area contributed by atoms with Gasteiger partial charge in [-0.15, -0.1) is 10.2 Å². The summed E-state index contributed by atoms with van der Waals surface area (Å²) in [5, 5.41) is 17.5. The topological polar surface area (TPSA) is 55.6 Å². The number of piperidine rings is 1. The Labute approximate surface area is 139 Å². The fourth-order valence-electron chi connectivity index (χ4n) is 3.61. The Morgan fingerprint density at radius 1 is 1.25 bits per heavy atom. The Morgan fingerprint density at radius 3 is 2.88 bits per heavy atom. The first-order valence-electron chi connectivity index (χ1n) is 8.38. The van der Waals surface area contributed by atoms with Crippen molar-refractivity contribution < 1.29 is 4.39 Å². The molecule has 1 fully saturated rings. The minimum absolute atomic E-state index is 0.182. The second kappa shape index (κ2) is 6.28. The van der Waals surface area contributed by atoms with Crippen LogP contribution >= 0.6 is 0 Å². The minimum atomic E-state index is -0.247. The van der Waals surface area contributed by atoms with Crippen molar-refractivity contribution in [3.63, 3.8) is 0 Å². The van der Waals surface area contributed by atoms with Crippen molar-refractivity contribution in [1.82, 2.24) is 25.5 Å². The molecule has 1 aliphatic rings. The number of benzene rings is 2. The maximum absolute atomic E-state index is 15.3. The average Bonchev–Trinajstić information content (AvgIpc) is 3.04. The molecule has 0 radical (unpaired) electrons. The number of tetrazole rings is 1. The van der Waals surface area contributed by atoms with Gasteiger partial charge in [0, 0.05) is 17.5 Å². The van der Waals surface area contributed by atoms with Gasteiger partial charge in [-0.1, -0.05) is 36.4 Å². The maximum Gasteiger partial charge on any atom is 0.171 e. The summed E-state index contributed by atoms with van der Waals surface area (Å²) in [6, 6.07) is 11.1. The molecule has 0 spiro atoms. The number of halogens is 1. The highest BCUT2D eigenvalue weighted by molar-refractivity contribution is 5.83. The lowest BCUT2D eigenvalue weighted by Gasteiger charge is -2.30. The molecule has 124 valence electrons. The van der Waals surface area contributed by atoms with Crippen molar-refractivity contribution >= 4 is 10.8 Å². The van der Waals surface area contributed by atoms with Crippen molar-refractivity contribution in [2.75, 3.05) is 13.1 Å². The van der Waals surface area contributed by atoms with E-state index in [9.17, 15) is 0 Å². The van der Waals surface area contributed by atoms with E-state index in [1.165, 1.54) is 0 Å². The van der Waals surface area contributed by atoms with Crippen LogP contribution in [-0.4, -0.2) is 33.3 Å². The molecule has 2 aromatic carbocycles. The molecule has 24 heavy (non-hydrogen) atoms. The first-order valence-corrected chi connectivity index (χ1v) is 8.38. The average molecular weight is 325 g/mol. The lowest BCUT2D eigenvalue weighted by molar-refractivity contribution is 0.256. The molecule has 1 N–H and O–H groups in total. The third kappa shape index (κ3) is 2.67. The molecule has 0 saturated carbocycles. The van der Waals surface area contributed by atoms with E-state index in [0.717, 1.165) is 31.3 Å². The van der Waals surface area contributed by atoms with Crippen LogP contribution in [0.5, 0.6) is 0 Å². The van der Waals surface area contributed by atoms with Crippen molar-refractivity contribution in [2.45, 2.75) is 25.8 Å². The number of hydrogen-bond acceptors (Lipinski definition) is 4. The summed E-state index contributed by atoms with van der Waals surface area (Å²) < 4.78 is 15.3. The monoisotopic (exact) mass is 325 g/mol. The lowest BCUT2D eigenvalue weighted by Crippen LogP contribution is -2.36. The van der Waals surface area contributed by atoms with Crippen molar-refractivity contribution in [3.05, 3.63) is 53.6 Å². The standard InChI is InChI=1S/C18H20FN5/c1-12-21-23-24(22-12)18(14-6-4-10-20-11-14)16-9-8-13-5-2-3-7-15(13)17(16)19/h2-3,5,7-9,14,18,20H,4,6,10-11H2,1H3/t14-,18?/m1/s1. The number of aromatic nitrogens is 4. The largest absolute Gasteiger partial charge is 0.316 e. The van der Waals surface area contributed by atoms with E-state index in [1.54, 1.807) is 11.7 Å². The fourth-order valence-corrected chi connectivity index (χ4v) is 3.61. The van der Waals surface area contributed by atoms with E-state index >= 15 is 4.39 Å². The Morgan fingerprint density at radius 2 is 2.12 bits per heavy atom. The van der Waals surface area contributed by atoms with Crippen LogP contribution in [0.15, 0.2) is 36.4 Å². The number of fused-ring (bicyclic) bond motifs is 1. The summed E-state index contributed by atoms with van der Waals surface area (Å²) in [5.74, 6) is 0.659. The lowest BCUT2D eigenvalue weighted by atomic mass is 9.86. The Balaban J connectivity index is 1.85. The third-order valence-electron chi connectivity index (χ3n) is 4.77. The normalized spacial score (nSPS) is 19.5. The van der Waals surface area contributed by atoms with Crippen LogP contribution in [0.1, 0.15) is 30.3 Å². The molecule has 0 bridgehead atoms. The molecule has 1 saturated heterocycles. The molecule has 0 aliphatic carbocycles. The Hall–Kier alpha value is -2.34. The van der Waals surface area contributed by atoms with Gasteiger partial charge in [0.1, 0.15) is 11.9 Å². The molecule has 1 aromatic heterocycles. The highest BCUT2D eigenvalue weighted by Gasteiger charge is 2.31. The van der Waals surface area contributed by atoms with Gasteiger partial charge in [-0.25, -0.2) is 4.39 Å². The predicted molar refractivity (Wildman–Crippen MR) is 90.2 cm³/mol. The van der Waals surface area contributed by atoms with Crippen molar-refractivity contribution in [3.8, 4) is 0 Å². The number of hydrogen-bond donors (Lipinski definition) is 1. The molecule has 1 aliphatic heterocycles. The number of nitrogens with zero attached hydrogens (tertiary/aromatic N) is 4. The summed E-state index contributed by atoms with van der Waals surface area (Å²) in [6.45, 7) is 3.64. The Kier molecular flexibility index (Phi) is 3.98. The molecule has 4 rings (SSSR count). The van der Waals surface area contributed by atoms with Gasteiger partial charge in [0.2, 0.25) is 0 Å². The first kappa shape index (κ1) is 15.2. The van der Waals surface area contributed by atoms with Gasteiger partial charge < -0.3 is 5.32 Å². The first-order chi connectivity index (χ1) is 11.7. The van der Waals surface area contributed by atoms with Crippen LogP contribution < -0.4 is 5.32 Å².